The first-order chi connectivity index (χ1) is 0. The van der Waals surface area contributed by atoms with Crippen LogP contribution in [0.5, 0.6) is 0 Å². The summed E-state index contributed by atoms with van der Waals surface area (Å²) in [4.78, 5) is 0. The Labute approximate surface area is 167 Å². The Bertz CT molecular complexity index is 3.25. The minimum absolute atomic E-state index is 0. The van der Waals surface area contributed by atoms with E-state index in [1.54, 1.807) is 0 Å². The summed E-state index contributed by atoms with van der Waals surface area (Å²) in [5, 5.41) is 0. The van der Waals surface area contributed by atoms with Gasteiger partial charge in [0.2, 0.25) is 0 Å². The fourth-order valence-corrected chi connectivity index (χ4v) is 0. The van der Waals surface area contributed by atoms with Crippen LogP contribution in [0.3, 0.4) is 0 Å². The van der Waals surface area contributed by atoms with Crippen LogP contribution in [0, 0.1) is 0 Å². The molecule has 0 unspecified atom stereocenters. The molecule has 0 bridgehead atoms. The van der Waals surface area contributed by atoms with Gasteiger partial charge >= 0.3 is 174 Å². The fraction of sp³-hybridized carbons (Fsp3) is 0. The summed E-state index contributed by atoms with van der Waals surface area (Å²) < 4.78 is 0. The quantitative estimate of drug-likeness (QED) is 0.357. The molecule has 0 N–H and O–H groups in total. The van der Waals surface area contributed by atoms with Gasteiger partial charge < -0.3 is 0 Å². The van der Waals surface area contributed by atoms with Crippen molar-refractivity contribution in [3.63, 3.8) is 0 Å². The SMILES string of the molecule is [GaH3].[KH].[KH].[KH]. The van der Waals surface area contributed by atoms with E-state index in [0.717, 1.165) is 0 Å². The average molecular weight is 193 g/mol. The summed E-state index contributed by atoms with van der Waals surface area (Å²) in [7, 11) is 0. The van der Waals surface area contributed by atoms with Crippen molar-refractivity contribution in [3.05, 3.63) is 0 Å². The van der Waals surface area contributed by atoms with Crippen LogP contribution < -0.4 is 0 Å². The van der Waals surface area contributed by atoms with Crippen LogP contribution in [0.25, 0.3) is 0 Å². The molecule has 0 fully saturated rings. The molecule has 0 aliphatic carbocycles. The van der Waals surface area contributed by atoms with Crippen LogP contribution >= 0.6 is 0 Å². The number of hydrogen-bond donors (Lipinski definition) is 0. The van der Waals surface area contributed by atoms with Gasteiger partial charge in [0.05, 0.1) is 0 Å². The summed E-state index contributed by atoms with van der Waals surface area (Å²) in [6.07, 6.45) is 0. The average Bonchev–Trinajstić information content (AvgIpc) is 0. The van der Waals surface area contributed by atoms with Crippen molar-refractivity contribution in [1.29, 1.82) is 0 Å². The van der Waals surface area contributed by atoms with Crippen molar-refractivity contribution in [2.24, 2.45) is 0 Å². The normalized spacial score (nSPS) is 0. The van der Waals surface area contributed by atoms with Crippen molar-refractivity contribution in [2.45, 2.75) is 0 Å². The van der Waals surface area contributed by atoms with Crippen LogP contribution in [0.2, 0.25) is 0 Å². The van der Waals surface area contributed by atoms with Gasteiger partial charge in [-0.2, -0.15) is 0 Å². The van der Waals surface area contributed by atoms with Crippen molar-refractivity contribution in [2.75, 3.05) is 0 Å². The van der Waals surface area contributed by atoms with E-state index in [1.165, 1.54) is 0 Å². The van der Waals surface area contributed by atoms with E-state index in [1.807, 2.05) is 0 Å². The third kappa shape index (κ3) is 10.5. The Morgan fingerprint density at radius 2 is 0.500 bits per heavy atom. The van der Waals surface area contributed by atoms with Crippen molar-refractivity contribution >= 4 is 174 Å². The van der Waals surface area contributed by atoms with Gasteiger partial charge in [0.25, 0.3) is 0 Å². The molecule has 0 aromatic carbocycles. The monoisotopic (exact) mass is 192 g/mol. The van der Waals surface area contributed by atoms with E-state index in [0.29, 0.717) is 0 Å². The van der Waals surface area contributed by atoms with E-state index in [4.69, 9.17) is 0 Å². The maximum atomic E-state index is 0. The van der Waals surface area contributed by atoms with Crippen LogP contribution in [-0.2, 0) is 0 Å². The summed E-state index contributed by atoms with van der Waals surface area (Å²) >= 11 is 0. The number of rotatable bonds is 0. The molecule has 4 heteroatoms. The first kappa shape index (κ1) is 22.7. The van der Waals surface area contributed by atoms with Gasteiger partial charge in [-0.3, -0.25) is 0 Å². The Hall–Kier alpha value is 5.55. The van der Waals surface area contributed by atoms with Gasteiger partial charge in [-0.1, -0.05) is 0 Å². The number of hydrogen-bond acceptors (Lipinski definition) is 0. The first-order valence-electron chi connectivity index (χ1n) is 0. The molecule has 0 heterocycles. The molecule has 0 spiro atoms. The van der Waals surface area contributed by atoms with E-state index < -0.39 is 0 Å². The van der Waals surface area contributed by atoms with Gasteiger partial charge in [-0.25, -0.2) is 0 Å². The van der Waals surface area contributed by atoms with E-state index in [-0.39, 0.29) is 174 Å². The second-order valence-electron chi connectivity index (χ2n) is 0. The van der Waals surface area contributed by atoms with Crippen molar-refractivity contribution < 1.29 is 0 Å². The second-order valence-corrected chi connectivity index (χ2v) is 0. The third-order valence-corrected chi connectivity index (χ3v) is 0. The Balaban J connectivity index is 0. The Kier molecular flexibility index (Phi) is 89.7. The van der Waals surface area contributed by atoms with E-state index >= 15 is 0 Å². The molecule has 0 aliphatic heterocycles. The summed E-state index contributed by atoms with van der Waals surface area (Å²) in [5.74, 6) is 0. The van der Waals surface area contributed by atoms with Crippen molar-refractivity contribution in [3.8, 4) is 0 Å². The van der Waals surface area contributed by atoms with Gasteiger partial charge in [-0.15, -0.1) is 0 Å². The molecule has 0 saturated heterocycles. The van der Waals surface area contributed by atoms with Crippen molar-refractivity contribution in [1.82, 2.24) is 0 Å². The molecule has 0 aliphatic rings. The molecule has 0 aromatic heterocycles. The molecular weight excluding hydrogens is 187 g/mol. The molecule has 0 atom stereocenters. The van der Waals surface area contributed by atoms with Gasteiger partial charge in [0.1, 0.15) is 0 Å². The predicted molar refractivity (Wildman–Crippen MR) is 31.4 cm³/mol. The summed E-state index contributed by atoms with van der Waals surface area (Å²) in [6.45, 7) is 0. The Morgan fingerprint density at radius 1 is 0.500 bits per heavy atom. The third-order valence-electron chi connectivity index (χ3n) is 0. The molecular formula is H6GaK3. The molecule has 0 nitrogen and oxygen atoms in total. The molecule has 0 aromatic rings. The molecule has 0 amide bonds. The zero-order chi connectivity index (χ0) is 0. The molecule has 4 heavy (non-hydrogen) atoms. The van der Waals surface area contributed by atoms with Crippen LogP contribution in [0.1, 0.15) is 0 Å². The van der Waals surface area contributed by atoms with Gasteiger partial charge in [0.15, 0.2) is 0 Å². The molecule has 0 saturated carbocycles. The standard InChI is InChI=1S/Ga.3K.6H. The topological polar surface area (TPSA) is 0 Å². The zero-order valence-corrected chi connectivity index (χ0v) is 0. The molecule has 0 radical (unpaired) electrons. The van der Waals surface area contributed by atoms with Gasteiger partial charge in [0, 0.05) is 0 Å². The zero-order valence-electron chi connectivity index (χ0n) is 0. The first-order valence-corrected chi connectivity index (χ1v) is 0. The molecule has 12 valence electrons. The van der Waals surface area contributed by atoms with E-state index in [9.17, 15) is 0 Å². The molecule has 0 rings (SSSR count). The second kappa shape index (κ2) is 15.8. The summed E-state index contributed by atoms with van der Waals surface area (Å²) in [5.41, 5.74) is 0. The van der Waals surface area contributed by atoms with Crippen LogP contribution in [0.4, 0.5) is 0 Å². The minimum atomic E-state index is 0. The van der Waals surface area contributed by atoms with Crippen LogP contribution in [-0.4, -0.2) is 174 Å². The maximum absolute atomic E-state index is 0. The van der Waals surface area contributed by atoms with Crippen LogP contribution in [0.15, 0.2) is 0 Å². The predicted octanol–water partition coefficient (Wildman–Crippen LogP) is -3.13. The summed E-state index contributed by atoms with van der Waals surface area (Å²) in [6, 6.07) is 0. The Morgan fingerprint density at radius 3 is 0.500 bits per heavy atom. The fourth-order valence-electron chi connectivity index (χ4n) is 0. The van der Waals surface area contributed by atoms with Gasteiger partial charge in [-0.05, 0) is 0 Å². The van der Waals surface area contributed by atoms with E-state index in [2.05, 4.69) is 0 Å².